The average molecular weight is 364 g/mol. The first-order valence-corrected chi connectivity index (χ1v) is 9.36. The van der Waals surface area contributed by atoms with Gasteiger partial charge in [-0.25, -0.2) is 4.99 Å². The number of hydrogen-bond donors (Lipinski definition) is 2. The van der Waals surface area contributed by atoms with Crippen LogP contribution in [0.1, 0.15) is 36.6 Å². The van der Waals surface area contributed by atoms with Crippen molar-refractivity contribution in [3.63, 3.8) is 0 Å². The zero-order valence-electron chi connectivity index (χ0n) is 16.4. The zero-order valence-corrected chi connectivity index (χ0v) is 16.4. The van der Waals surface area contributed by atoms with E-state index in [0.717, 1.165) is 74.3 Å². The molecule has 2 N–H and O–H groups in total. The lowest BCUT2D eigenvalue weighted by Gasteiger charge is -2.14. The van der Waals surface area contributed by atoms with E-state index in [1.54, 1.807) is 7.11 Å². The summed E-state index contributed by atoms with van der Waals surface area (Å²) in [5.74, 6) is 1.67. The minimum atomic E-state index is 0.266. The number of aromatic nitrogens is 1. The van der Waals surface area contributed by atoms with Gasteiger partial charge in [-0.3, -0.25) is 4.98 Å². The van der Waals surface area contributed by atoms with Gasteiger partial charge in [-0.2, -0.15) is 0 Å². The Labute approximate surface area is 156 Å². The first kappa shape index (κ1) is 20.5. The molecule has 0 bridgehead atoms. The molecule has 1 aliphatic heterocycles. The van der Waals surface area contributed by atoms with Gasteiger partial charge in [-0.1, -0.05) is 0 Å². The third kappa shape index (κ3) is 6.14. The van der Waals surface area contributed by atoms with Crippen LogP contribution in [-0.4, -0.2) is 57.1 Å². The fraction of sp³-hybridized carbons (Fsp3) is 0.684. The van der Waals surface area contributed by atoms with Gasteiger partial charge >= 0.3 is 0 Å². The average Bonchev–Trinajstić information content (AvgIpc) is 3.14. The van der Waals surface area contributed by atoms with Crippen LogP contribution in [-0.2, 0) is 16.0 Å². The predicted octanol–water partition coefficient (Wildman–Crippen LogP) is 1.96. The number of rotatable bonds is 9. The van der Waals surface area contributed by atoms with Crippen molar-refractivity contribution < 1.29 is 14.2 Å². The monoisotopic (exact) mass is 364 g/mol. The van der Waals surface area contributed by atoms with E-state index in [2.05, 4.69) is 27.5 Å². The molecule has 0 aromatic carbocycles. The van der Waals surface area contributed by atoms with Gasteiger partial charge in [-0.05, 0) is 33.6 Å². The number of aliphatic imine (C=N–C) groups is 1. The summed E-state index contributed by atoms with van der Waals surface area (Å²) >= 11 is 0. The lowest BCUT2D eigenvalue weighted by atomic mass is 10.1. The van der Waals surface area contributed by atoms with Crippen LogP contribution in [0.2, 0.25) is 0 Å². The smallest absolute Gasteiger partial charge is 0.191 e. The molecule has 1 fully saturated rings. The number of nitrogens with zero attached hydrogens (tertiary/aromatic N) is 2. The Balaban J connectivity index is 1.82. The van der Waals surface area contributed by atoms with E-state index in [1.807, 2.05) is 20.0 Å². The number of guanidine groups is 1. The topological polar surface area (TPSA) is 77.0 Å². The van der Waals surface area contributed by atoms with Crippen LogP contribution in [0.4, 0.5) is 0 Å². The minimum absolute atomic E-state index is 0.266. The van der Waals surface area contributed by atoms with Crippen molar-refractivity contribution in [2.24, 2.45) is 4.99 Å². The van der Waals surface area contributed by atoms with E-state index in [0.29, 0.717) is 6.54 Å². The van der Waals surface area contributed by atoms with Crippen molar-refractivity contribution >= 4 is 5.96 Å². The fourth-order valence-corrected chi connectivity index (χ4v) is 2.90. The molecule has 0 spiro atoms. The second kappa shape index (κ2) is 11.0. The van der Waals surface area contributed by atoms with Crippen LogP contribution in [0, 0.1) is 13.8 Å². The normalized spacial score (nSPS) is 17.4. The minimum Gasteiger partial charge on any atom is -0.496 e. The summed E-state index contributed by atoms with van der Waals surface area (Å²) in [6.07, 6.45) is 4.03. The first-order chi connectivity index (χ1) is 12.7. The molecule has 2 heterocycles. The highest BCUT2D eigenvalue weighted by Crippen LogP contribution is 2.24. The van der Waals surface area contributed by atoms with Crippen molar-refractivity contribution in [1.82, 2.24) is 15.6 Å². The molecular weight excluding hydrogens is 332 g/mol. The highest BCUT2D eigenvalue weighted by molar-refractivity contribution is 5.79. The summed E-state index contributed by atoms with van der Waals surface area (Å²) < 4.78 is 16.5. The largest absolute Gasteiger partial charge is 0.496 e. The van der Waals surface area contributed by atoms with Gasteiger partial charge in [0, 0.05) is 43.6 Å². The van der Waals surface area contributed by atoms with Crippen molar-refractivity contribution in [2.75, 3.05) is 40.0 Å². The van der Waals surface area contributed by atoms with Gasteiger partial charge in [0.25, 0.3) is 0 Å². The standard InChI is InChI=1S/C19H32N4O3/c1-5-20-19(21-8-6-9-26-16-7-10-25-13-16)23-12-17-15(3)18(24-4)14(2)11-22-17/h11,16H,5-10,12-13H2,1-4H3,(H2,20,21,23). The Bertz CT molecular complexity index is 586. The summed E-state index contributed by atoms with van der Waals surface area (Å²) in [4.78, 5) is 9.14. The Morgan fingerprint density at radius 3 is 2.92 bits per heavy atom. The zero-order chi connectivity index (χ0) is 18.8. The molecule has 7 heteroatoms. The second-order valence-corrected chi connectivity index (χ2v) is 6.38. The van der Waals surface area contributed by atoms with Crippen molar-refractivity contribution in [3.05, 3.63) is 23.0 Å². The molecular formula is C19H32N4O3. The van der Waals surface area contributed by atoms with Crippen LogP contribution in [0.5, 0.6) is 5.75 Å². The summed E-state index contributed by atoms with van der Waals surface area (Å²) in [6.45, 7) is 10.5. The van der Waals surface area contributed by atoms with Crippen molar-refractivity contribution in [3.8, 4) is 5.75 Å². The maximum atomic E-state index is 5.78. The van der Waals surface area contributed by atoms with Gasteiger partial charge in [0.15, 0.2) is 5.96 Å². The second-order valence-electron chi connectivity index (χ2n) is 6.38. The molecule has 0 radical (unpaired) electrons. The lowest BCUT2D eigenvalue weighted by Crippen LogP contribution is -2.38. The number of ether oxygens (including phenoxy) is 3. The van der Waals surface area contributed by atoms with Crippen LogP contribution in [0.25, 0.3) is 0 Å². The van der Waals surface area contributed by atoms with E-state index in [1.165, 1.54) is 0 Å². The van der Waals surface area contributed by atoms with E-state index in [-0.39, 0.29) is 6.10 Å². The molecule has 1 saturated heterocycles. The fourth-order valence-electron chi connectivity index (χ4n) is 2.90. The molecule has 1 aromatic rings. The van der Waals surface area contributed by atoms with E-state index < -0.39 is 0 Å². The van der Waals surface area contributed by atoms with Crippen molar-refractivity contribution in [2.45, 2.75) is 46.3 Å². The molecule has 1 unspecified atom stereocenters. The van der Waals surface area contributed by atoms with Gasteiger partial charge in [0.2, 0.25) is 0 Å². The van der Waals surface area contributed by atoms with Gasteiger partial charge in [0.1, 0.15) is 5.75 Å². The Hall–Kier alpha value is -1.86. The summed E-state index contributed by atoms with van der Waals surface area (Å²) in [5, 5.41) is 6.61. The quantitative estimate of drug-likeness (QED) is 0.396. The van der Waals surface area contributed by atoms with Crippen LogP contribution in [0.15, 0.2) is 11.2 Å². The first-order valence-electron chi connectivity index (χ1n) is 9.36. The Morgan fingerprint density at radius 1 is 1.38 bits per heavy atom. The molecule has 1 aliphatic rings. The molecule has 2 rings (SSSR count). The number of hydrogen-bond acceptors (Lipinski definition) is 5. The molecule has 0 amide bonds. The Kier molecular flexibility index (Phi) is 8.64. The molecule has 146 valence electrons. The van der Waals surface area contributed by atoms with Crippen molar-refractivity contribution in [1.29, 1.82) is 0 Å². The molecule has 1 atom stereocenters. The van der Waals surface area contributed by atoms with Gasteiger partial charge in [-0.15, -0.1) is 0 Å². The number of methoxy groups -OCH3 is 1. The van der Waals surface area contributed by atoms with Crippen LogP contribution in [0.3, 0.4) is 0 Å². The SMILES string of the molecule is CCNC(=NCc1ncc(C)c(OC)c1C)NCCCOC1CCOC1. The number of pyridine rings is 1. The maximum absolute atomic E-state index is 5.78. The predicted molar refractivity (Wildman–Crippen MR) is 103 cm³/mol. The molecule has 26 heavy (non-hydrogen) atoms. The molecule has 7 nitrogen and oxygen atoms in total. The van der Waals surface area contributed by atoms with Gasteiger partial charge < -0.3 is 24.8 Å². The van der Waals surface area contributed by atoms with Crippen LogP contribution >= 0.6 is 0 Å². The van der Waals surface area contributed by atoms with E-state index >= 15 is 0 Å². The summed E-state index contributed by atoms with van der Waals surface area (Å²) in [6, 6.07) is 0. The van der Waals surface area contributed by atoms with Crippen LogP contribution < -0.4 is 15.4 Å². The number of aryl methyl sites for hydroxylation is 1. The molecule has 0 saturated carbocycles. The third-order valence-corrected chi connectivity index (χ3v) is 4.34. The number of nitrogens with one attached hydrogen (secondary N) is 2. The highest BCUT2D eigenvalue weighted by atomic mass is 16.5. The van der Waals surface area contributed by atoms with E-state index in [9.17, 15) is 0 Å². The Morgan fingerprint density at radius 2 is 2.23 bits per heavy atom. The molecule has 0 aliphatic carbocycles. The summed E-state index contributed by atoms with van der Waals surface area (Å²) in [7, 11) is 1.69. The van der Waals surface area contributed by atoms with E-state index in [4.69, 9.17) is 14.2 Å². The molecule has 1 aromatic heterocycles. The lowest BCUT2D eigenvalue weighted by molar-refractivity contribution is 0.0420. The third-order valence-electron chi connectivity index (χ3n) is 4.34. The maximum Gasteiger partial charge on any atom is 0.191 e. The highest BCUT2D eigenvalue weighted by Gasteiger charge is 2.15. The summed E-state index contributed by atoms with van der Waals surface area (Å²) in [5.41, 5.74) is 3.00. The van der Waals surface area contributed by atoms with Gasteiger partial charge in [0.05, 0.1) is 32.1 Å².